The minimum atomic E-state index is -0.815. The fourth-order valence-corrected chi connectivity index (χ4v) is 1.96. The highest BCUT2D eigenvalue weighted by Gasteiger charge is 2.15. The number of anilines is 3. The lowest BCUT2D eigenvalue weighted by atomic mass is 10.2. The van der Waals surface area contributed by atoms with Crippen molar-refractivity contribution in [1.29, 1.82) is 0 Å². The largest absolute Gasteiger partial charge is 0.372 e. The van der Waals surface area contributed by atoms with Gasteiger partial charge in [0.15, 0.2) is 0 Å². The number of amides is 2. The van der Waals surface area contributed by atoms with E-state index in [1.807, 2.05) is 12.1 Å². The van der Waals surface area contributed by atoms with Crippen molar-refractivity contribution in [3.05, 3.63) is 30.6 Å². The van der Waals surface area contributed by atoms with E-state index in [1.54, 1.807) is 12.1 Å². The zero-order chi connectivity index (χ0) is 15.9. The van der Waals surface area contributed by atoms with Crippen LogP contribution < -0.4 is 15.5 Å². The minimum absolute atomic E-state index is 0.122. The molecule has 3 N–H and O–H groups in total. The Morgan fingerprint density at radius 1 is 1.09 bits per heavy atom. The summed E-state index contributed by atoms with van der Waals surface area (Å²) in [5.41, 5.74) is 1.61. The van der Waals surface area contributed by atoms with Crippen molar-refractivity contribution in [3.8, 4) is 0 Å². The second-order valence-corrected chi connectivity index (χ2v) is 4.46. The summed E-state index contributed by atoms with van der Waals surface area (Å²) in [5, 5.41) is 10.8. The SMILES string of the molecule is CCN(CC)c1ccc(NC(=O)C(=O)Nc2ncn[nH]2)cc1. The summed E-state index contributed by atoms with van der Waals surface area (Å²) >= 11 is 0. The average Bonchev–Trinajstić information content (AvgIpc) is 3.03. The summed E-state index contributed by atoms with van der Waals surface area (Å²) in [6.45, 7) is 5.96. The van der Waals surface area contributed by atoms with Crippen molar-refractivity contribution in [2.75, 3.05) is 28.6 Å². The number of rotatable bonds is 5. The maximum absolute atomic E-state index is 11.8. The second-order valence-electron chi connectivity index (χ2n) is 4.46. The predicted octanol–water partition coefficient (Wildman–Crippen LogP) is 1.23. The van der Waals surface area contributed by atoms with Crippen LogP contribution in [0.25, 0.3) is 0 Å². The van der Waals surface area contributed by atoms with E-state index in [1.165, 1.54) is 6.33 Å². The summed E-state index contributed by atoms with van der Waals surface area (Å²) in [5.74, 6) is -1.46. The van der Waals surface area contributed by atoms with Gasteiger partial charge in [-0.2, -0.15) is 10.1 Å². The maximum Gasteiger partial charge on any atom is 0.316 e. The normalized spacial score (nSPS) is 10.1. The molecular weight excluding hydrogens is 284 g/mol. The third-order valence-electron chi connectivity index (χ3n) is 3.11. The monoisotopic (exact) mass is 302 g/mol. The van der Waals surface area contributed by atoms with E-state index in [9.17, 15) is 9.59 Å². The first-order valence-electron chi connectivity index (χ1n) is 6.96. The molecule has 0 atom stereocenters. The lowest BCUT2D eigenvalue weighted by Gasteiger charge is -2.21. The average molecular weight is 302 g/mol. The van der Waals surface area contributed by atoms with E-state index < -0.39 is 11.8 Å². The van der Waals surface area contributed by atoms with Crippen molar-refractivity contribution in [2.45, 2.75) is 13.8 Å². The summed E-state index contributed by atoms with van der Waals surface area (Å²) in [4.78, 5) is 29.3. The summed E-state index contributed by atoms with van der Waals surface area (Å²) in [6, 6.07) is 7.31. The van der Waals surface area contributed by atoms with Gasteiger partial charge in [-0.05, 0) is 38.1 Å². The first-order chi connectivity index (χ1) is 10.6. The van der Waals surface area contributed by atoms with Crippen LogP contribution in [-0.2, 0) is 9.59 Å². The van der Waals surface area contributed by atoms with E-state index >= 15 is 0 Å². The van der Waals surface area contributed by atoms with Crippen LogP contribution in [0.15, 0.2) is 30.6 Å². The standard InChI is InChI=1S/C14H18N6O2/c1-3-20(4-2)11-7-5-10(6-8-11)17-12(21)13(22)18-14-15-9-16-19-14/h5-9H,3-4H2,1-2H3,(H,17,21)(H2,15,16,18,19,22). The van der Waals surface area contributed by atoms with Crippen molar-refractivity contribution < 1.29 is 9.59 Å². The molecule has 0 aliphatic heterocycles. The molecule has 2 rings (SSSR count). The summed E-state index contributed by atoms with van der Waals surface area (Å²) in [7, 11) is 0. The van der Waals surface area contributed by atoms with Gasteiger partial charge in [-0.15, -0.1) is 0 Å². The van der Waals surface area contributed by atoms with Gasteiger partial charge in [-0.3, -0.25) is 14.9 Å². The Labute approximate surface area is 127 Å². The van der Waals surface area contributed by atoms with E-state index in [0.717, 1.165) is 18.8 Å². The van der Waals surface area contributed by atoms with Crippen LogP contribution in [0.5, 0.6) is 0 Å². The van der Waals surface area contributed by atoms with Crippen LogP contribution in [0.4, 0.5) is 17.3 Å². The first-order valence-corrected chi connectivity index (χ1v) is 6.96. The molecule has 8 nitrogen and oxygen atoms in total. The fourth-order valence-electron chi connectivity index (χ4n) is 1.96. The van der Waals surface area contributed by atoms with Gasteiger partial charge >= 0.3 is 11.8 Å². The molecule has 1 aromatic heterocycles. The minimum Gasteiger partial charge on any atom is -0.372 e. The van der Waals surface area contributed by atoms with Gasteiger partial charge in [0.2, 0.25) is 5.95 Å². The van der Waals surface area contributed by atoms with Gasteiger partial charge in [-0.1, -0.05) is 0 Å². The number of nitrogens with one attached hydrogen (secondary N) is 3. The molecule has 2 aromatic rings. The molecule has 0 aliphatic rings. The molecule has 8 heteroatoms. The van der Waals surface area contributed by atoms with Gasteiger partial charge in [0.05, 0.1) is 0 Å². The van der Waals surface area contributed by atoms with Crippen LogP contribution in [0.2, 0.25) is 0 Å². The molecule has 1 heterocycles. The van der Waals surface area contributed by atoms with E-state index in [0.29, 0.717) is 5.69 Å². The number of carbonyl (C=O) groups is 2. The highest BCUT2D eigenvalue weighted by Crippen LogP contribution is 2.17. The Morgan fingerprint density at radius 2 is 1.73 bits per heavy atom. The Hall–Kier alpha value is -2.90. The molecule has 0 unspecified atom stereocenters. The smallest absolute Gasteiger partial charge is 0.316 e. The zero-order valence-corrected chi connectivity index (χ0v) is 12.5. The molecular formula is C14H18N6O2. The van der Waals surface area contributed by atoms with Crippen molar-refractivity contribution in [1.82, 2.24) is 15.2 Å². The van der Waals surface area contributed by atoms with Crippen LogP contribution in [0, 0.1) is 0 Å². The molecule has 0 aliphatic carbocycles. The Balaban J connectivity index is 1.95. The third-order valence-corrected chi connectivity index (χ3v) is 3.11. The van der Waals surface area contributed by atoms with Crippen molar-refractivity contribution in [2.24, 2.45) is 0 Å². The maximum atomic E-state index is 11.8. The number of H-pyrrole nitrogens is 1. The van der Waals surface area contributed by atoms with Crippen LogP contribution in [-0.4, -0.2) is 40.1 Å². The Kier molecular flexibility index (Phi) is 5.07. The van der Waals surface area contributed by atoms with Crippen LogP contribution in [0.3, 0.4) is 0 Å². The molecule has 22 heavy (non-hydrogen) atoms. The van der Waals surface area contributed by atoms with Crippen LogP contribution >= 0.6 is 0 Å². The quantitative estimate of drug-likeness (QED) is 0.721. The van der Waals surface area contributed by atoms with Crippen LogP contribution in [0.1, 0.15) is 13.8 Å². The molecule has 0 saturated carbocycles. The number of carbonyl (C=O) groups excluding carboxylic acids is 2. The Bertz CT molecular complexity index is 619. The van der Waals surface area contributed by atoms with Gasteiger partial charge < -0.3 is 10.2 Å². The Morgan fingerprint density at radius 3 is 2.27 bits per heavy atom. The topological polar surface area (TPSA) is 103 Å². The molecule has 0 saturated heterocycles. The van der Waals surface area contributed by atoms with E-state index in [2.05, 4.69) is 44.6 Å². The van der Waals surface area contributed by atoms with Crippen molar-refractivity contribution in [3.63, 3.8) is 0 Å². The fraction of sp³-hybridized carbons (Fsp3) is 0.286. The number of hydrogen-bond donors (Lipinski definition) is 3. The molecule has 0 radical (unpaired) electrons. The number of hydrogen-bond acceptors (Lipinski definition) is 5. The first kappa shape index (κ1) is 15.5. The molecule has 0 fully saturated rings. The predicted molar refractivity (Wildman–Crippen MR) is 83.6 cm³/mol. The number of aromatic amines is 1. The highest BCUT2D eigenvalue weighted by atomic mass is 16.2. The van der Waals surface area contributed by atoms with Gasteiger partial charge in [0, 0.05) is 24.5 Å². The number of aromatic nitrogens is 3. The lowest BCUT2D eigenvalue weighted by Crippen LogP contribution is -2.29. The summed E-state index contributed by atoms with van der Waals surface area (Å²) in [6.07, 6.45) is 1.24. The van der Waals surface area contributed by atoms with Gasteiger partial charge in [0.1, 0.15) is 6.33 Å². The van der Waals surface area contributed by atoms with Gasteiger partial charge in [0.25, 0.3) is 0 Å². The summed E-state index contributed by atoms with van der Waals surface area (Å²) < 4.78 is 0. The number of nitrogens with zero attached hydrogens (tertiary/aromatic N) is 3. The third kappa shape index (κ3) is 3.81. The zero-order valence-electron chi connectivity index (χ0n) is 12.5. The van der Waals surface area contributed by atoms with Crippen molar-refractivity contribution >= 4 is 29.1 Å². The van der Waals surface area contributed by atoms with E-state index in [4.69, 9.17) is 0 Å². The molecule has 0 spiro atoms. The van der Waals surface area contributed by atoms with Gasteiger partial charge in [-0.25, -0.2) is 5.10 Å². The van der Waals surface area contributed by atoms with E-state index in [-0.39, 0.29) is 5.95 Å². The molecule has 1 aromatic carbocycles. The highest BCUT2D eigenvalue weighted by molar-refractivity contribution is 6.43. The number of benzene rings is 1. The molecule has 2 amide bonds. The second kappa shape index (κ2) is 7.21. The lowest BCUT2D eigenvalue weighted by molar-refractivity contribution is -0.133. The molecule has 116 valence electrons. The molecule has 0 bridgehead atoms.